The van der Waals surface area contributed by atoms with Crippen molar-refractivity contribution in [3.63, 3.8) is 0 Å². The molecule has 0 aliphatic carbocycles. The lowest BCUT2D eigenvalue weighted by atomic mass is 10.1. The minimum atomic E-state index is -4.76. The Morgan fingerprint density at radius 3 is 2.54 bits per heavy atom. The van der Waals surface area contributed by atoms with Crippen molar-refractivity contribution in [1.82, 2.24) is 19.2 Å². The number of nitrogens with zero attached hydrogens (tertiary/aromatic N) is 4. The Morgan fingerprint density at radius 2 is 1.92 bits per heavy atom. The maximum absolute atomic E-state index is 12.8. The van der Waals surface area contributed by atoms with Crippen molar-refractivity contribution in [1.29, 1.82) is 0 Å². The summed E-state index contributed by atoms with van der Waals surface area (Å²) in [6.07, 6.45) is -5.73. The van der Waals surface area contributed by atoms with E-state index in [1.54, 1.807) is 37.3 Å². The van der Waals surface area contributed by atoms with Crippen molar-refractivity contribution in [3.8, 4) is 0 Å². The van der Waals surface area contributed by atoms with E-state index in [0.29, 0.717) is 15.8 Å². The topological polar surface area (TPSA) is 72.4 Å². The Bertz CT molecular complexity index is 932. The van der Waals surface area contributed by atoms with E-state index < -0.39 is 23.7 Å². The molecule has 0 fully saturated rings. The molecule has 0 saturated heterocycles. The molecule has 0 saturated carbocycles. The molecule has 0 spiro atoms. The van der Waals surface area contributed by atoms with Gasteiger partial charge in [0.05, 0.1) is 12.6 Å². The van der Waals surface area contributed by atoms with Gasteiger partial charge in [-0.05, 0) is 12.5 Å². The van der Waals surface area contributed by atoms with E-state index >= 15 is 0 Å². The molecule has 0 bridgehead atoms. The molecule has 0 aliphatic rings. The van der Waals surface area contributed by atoms with E-state index in [0.717, 1.165) is 6.07 Å². The second-order valence-electron chi connectivity index (χ2n) is 5.31. The summed E-state index contributed by atoms with van der Waals surface area (Å²) in [7, 11) is 0. The SMILES string of the molecule is Cc1cc(=O)n2nc(C(F)(F)F)nc2n1C[C@H](O)c1ccccc1. The number of aliphatic hydroxyl groups excluding tert-OH is 1. The normalized spacial score (nSPS) is 13.4. The van der Waals surface area contributed by atoms with Crippen LogP contribution in [0.15, 0.2) is 41.2 Å². The molecule has 3 aromatic rings. The Morgan fingerprint density at radius 1 is 1.25 bits per heavy atom. The molecule has 0 unspecified atom stereocenters. The first-order valence-corrected chi connectivity index (χ1v) is 7.05. The Hall–Kier alpha value is -2.68. The quantitative estimate of drug-likeness (QED) is 0.792. The van der Waals surface area contributed by atoms with Crippen LogP contribution in [0, 0.1) is 6.92 Å². The monoisotopic (exact) mass is 338 g/mol. The van der Waals surface area contributed by atoms with Crippen LogP contribution in [-0.2, 0) is 12.7 Å². The molecular formula is C15H13F3N4O2. The van der Waals surface area contributed by atoms with Gasteiger partial charge in [-0.3, -0.25) is 4.79 Å². The Kier molecular flexibility index (Phi) is 3.88. The summed E-state index contributed by atoms with van der Waals surface area (Å²) in [6.45, 7) is 1.50. The van der Waals surface area contributed by atoms with E-state index in [4.69, 9.17) is 0 Å². The smallest absolute Gasteiger partial charge is 0.387 e. The number of aliphatic hydroxyl groups is 1. The standard InChI is InChI=1S/C15H13F3N4O2/c1-9-7-12(24)22-14(19-13(20-22)15(16,17)18)21(9)8-11(23)10-5-3-2-4-6-10/h2-7,11,23H,8H2,1H3/t11-/m0/s1. The van der Waals surface area contributed by atoms with Crippen LogP contribution in [0.1, 0.15) is 23.2 Å². The van der Waals surface area contributed by atoms with Crippen LogP contribution in [-0.4, -0.2) is 24.3 Å². The van der Waals surface area contributed by atoms with Gasteiger partial charge in [-0.2, -0.15) is 22.7 Å². The molecule has 2 aromatic heterocycles. The average molecular weight is 338 g/mol. The highest BCUT2D eigenvalue weighted by molar-refractivity contribution is 5.32. The van der Waals surface area contributed by atoms with Crippen molar-refractivity contribution in [2.24, 2.45) is 0 Å². The third kappa shape index (κ3) is 2.90. The van der Waals surface area contributed by atoms with Crippen molar-refractivity contribution in [2.45, 2.75) is 25.7 Å². The molecular weight excluding hydrogens is 325 g/mol. The van der Waals surface area contributed by atoms with Crippen LogP contribution in [0.5, 0.6) is 0 Å². The van der Waals surface area contributed by atoms with Gasteiger partial charge < -0.3 is 9.67 Å². The van der Waals surface area contributed by atoms with Gasteiger partial charge in [0.25, 0.3) is 11.4 Å². The van der Waals surface area contributed by atoms with Crippen LogP contribution >= 0.6 is 0 Å². The Balaban J connectivity index is 2.10. The van der Waals surface area contributed by atoms with Crippen molar-refractivity contribution in [2.75, 3.05) is 0 Å². The second-order valence-corrected chi connectivity index (χ2v) is 5.31. The van der Waals surface area contributed by atoms with Gasteiger partial charge in [0.15, 0.2) is 0 Å². The fourth-order valence-electron chi connectivity index (χ4n) is 2.40. The highest BCUT2D eigenvalue weighted by atomic mass is 19.4. The first-order valence-electron chi connectivity index (χ1n) is 7.05. The maximum atomic E-state index is 12.8. The van der Waals surface area contributed by atoms with Gasteiger partial charge >= 0.3 is 6.18 Å². The number of hydrogen-bond acceptors (Lipinski definition) is 4. The maximum Gasteiger partial charge on any atom is 0.453 e. The van der Waals surface area contributed by atoms with E-state index in [1.165, 1.54) is 4.57 Å². The molecule has 1 atom stereocenters. The van der Waals surface area contributed by atoms with Gasteiger partial charge in [-0.1, -0.05) is 30.3 Å². The zero-order valence-electron chi connectivity index (χ0n) is 12.5. The summed E-state index contributed by atoms with van der Waals surface area (Å²) >= 11 is 0. The van der Waals surface area contributed by atoms with Crippen LogP contribution in [0.4, 0.5) is 13.2 Å². The van der Waals surface area contributed by atoms with Crippen LogP contribution in [0.2, 0.25) is 0 Å². The molecule has 6 nitrogen and oxygen atoms in total. The number of alkyl halides is 3. The lowest BCUT2D eigenvalue weighted by Gasteiger charge is -2.16. The Labute approximate surface area is 133 Å². The highest BCUT2D eigenvalue weighted by Gasteiger charge is 2.37. The third-order valence-electron chi connectivity index (χ3n) is 3.59. The minimum absolute atomic E-state index is 0.0599. The fraction of sp³-hybridized carbons (Fsp3) is 0.267. The highest BCUT2D eigenvalue weighted by Crippen LogP contribution is 2.26. The molecule has 126 valence electrons. The number of rotatable bonds is 3. The van der Waals surface area contributed by atoms with Crippen molar-refractivity contribution in [3.05, 3.63) is 63.8 Å². The fourth-order valence-corrected chi connectivity index (χ4v) is 2.40. The van der Waals surface area contributed by atoms with E-state index in [9.17, 15) is 23.1 Å². The number of aromatic nitrogens is 4. The molecule has 0 radical (unpaired) electrons. The van der Waals surface area contributed by atoms with Gasteiger partial charge in [0.1, 0.15) is 0 Å². The van der Waals surface area contributed by atoms with Gasteiger partial charge in [0, 0.05) is 11.8 Å². The third-order valence-corrected chi connectivity index (χ3v) is 3.59. The number of fused-ring (bicyclic) bond motifs is 1. The summed E-state index contributed by atoms with van der Waals surface area (Å²) in [4.78, 5) is 15.3. The average Bonchev–Trinajstić information content (AvgIpc) is 2.98. The number of hydrogen-bond donors (Lipinski definition) is 1. The molecule has 0 amide bonds. The summed E-state index contributed by atoms with van der Waals surface area (Å²) in [5.41, 5.74) is 0.267. The number of benzene rings is 1. The van der Waals surface area contributed by atoms with E-state index in [2.05, 4.69) is 10.1 Å². The summed E-state index contributed by atoms with van der Waals surface area (Å²) in [5.74, 6) is -1.66. The van der Waals surface area contributed by atoms with Crippen LogP contribution in [0.25, 0.3) is 5.78 Å². The first kappa shape index (κ1) is 16.2. The molecule has 0 aliphatic heterocycles. The summed E-state index contributed by atoms with van der Waals surface area (Å²) in [5, 5.41) is 13.5. The zero-order chi connectivity index (χ0) is 17.5. The molecule has 1 aromatic carbocycles. The number of aryl methyl sites for hydroxylation is 1. The van der Waals surface area contributed by atoms with Crippen LogP contribution < -0.4 is 5.56 Å². The molecule has 2 heterocycles. The molecule has 9 heteroatoms. The van der Waals surface area contributed by atoms with Gasteiger partial charge in [-0.15, -0.1) is 5.10 Å². The predicted molar refractivity (Wildman–Crippen MR) is 78.4 cm³/mol. The molecule has 24 heavy (non-hydrogen) atoms. The van der Waals surface area contributed by atoms with Crippen LogP contribution in [0.3, 0.4) is 0 Å². The first-order chi connectivity index (χ1) is 11.3. The summed E-state index contributed by atoms with van der Waals surface area (Å²) < 4.78 is 40.4. The predicted octanol–water partition coefficient (Wildman–Crippen LogP) is 1.95. The largest absolute Gasteiger partial charge is 0.453 e. The van der Waals surface area contributed by atoms with E-state index in [-0.39, 0.29) is 12.3 Å². The molecule has 3 rings (SSSR count). The lowest BCUT2D eigenvalue weighted by Crippen LogP contribution is -2.22. The van der Waals surface area contributed by atoms with Gasteiger partial charge in [-0.25, -0.2) is 0 Å². The van der Waals surface area contributed by atoms with Crippen molar-refractivity contribution < 1.29 is 18.3 Å². The van der Waals surface area contributed by atoms with Gasteiger partial charge in [0.2, 0.25) is 5.78 Å². The van der Waals surface area contributed by atoms with E-state index in [1.807, 2.05) is 0 Å². The lowest BCUT2D eigenvalue weighted by molar-refractivity contribution is -0.144. The van der Waals surface area contributed by atoms with Crippen molar-refractivity contribution >= 4 is 5.78 Å². The minimum Gasteiger partial charge on any atom is -0.387 e. The molecule has 1 N–H and O–H groups in total. The zero-order valence-corrected chi connectivity index (χ0v) is 12.5. The second kappa shape index (κ2) is 5.75. The summed E-state index contributed by atoms with van der Waals surface area (Å²) in [6, 6.07) is 9.82. The number of halogens is 3.